The average Bonchev–Trinajstić information content (AvgIpc) is 3.19. The van der Waals surface area contributed by atoms with Crippen LogP contribution in [0, 0.1) is 0 Å². The van der Waals surface area contributed by atoms with Gasteiger partial charge in [-0.3, -0.25) is 0 Å². The predicted octanol–water partition coefficient (Wildman–Crippen LogP) is 7.76. The van der Waals surface area contributed by atoms with E-state index < -0.39 is 0 Å². The summed E-state index contributed by atoms with van der Waals surface area (Å²) in [5.74, 6) is 0. The van der Waals surface area contributed by atoms with E-state index in [1.54, 1.807) is 0 Å². The lowest BCUT2D eigenvalue weighted by Gasteiger charge is -2.12. The van der Waals surface area contributed by atoms with E-state index in [1.165, 1.54) is 51.5 Å². The lowest BCUT2D eigenvalue weighted by atomic mass is 10.1. The van der Waals surface area contributed by atoms with Crippen molar-refractivity contribution in [2.45, 2.75) is 52.1 Å². The van der Waals surface area contributed by atoms with Gasteiger partial charge in [0.15, 0.2) is 6.20 Å². The number of hydrogen-bond acceptors (Lipinski definition) is 0. The lowest BCUT2D eigenvalue weighted by molar-refractivity contribution is -0.702. The van der Waals surface area contributed by atoms with Gasteiger partial charge in [-0.25, -0.2) is 4.57 Å². The van der Waals surface area contributed by atoms with Crippen LogP contribution >= 0.6 is 11.6 Å². The summed E-state index contributed by atoms with van der Waals surface area (Å²) in [6, 6.07) is 30.2. The van der Waals surface area contributed by atoms with Gasteiger partial charge in [0.1, 0.15) is 12.1 Å². The summed E-state index contributed by atoms with van der Waals surface area (Å²) in [6.07, 6.45) is 7.64. The number of benzene rings is 3. The number of para-hydroxylation sites is 1. The highest BCUT2D eigenvalue weighted by atomic mass is 35.5. The van der Waals surface area contributed by atoms with Crippen LogP contribution in [0.3, 0.4) is 0 Å². The van der Waals surface area contributed by atoms with Gasteiger partial charge in [-0.15, -0.1) is 0 Å². The van der Waals surface area contributed by atoms with Crippen LogP contribution in [0.15, 0.2) is 91.1 Å². The monoisotopic (exact) mass is 467 g/mol. The molecule has 0 radical (unpaired) electrons. The normalized spacial score (nSPS) is 11.5. The van der Waals surface area contributed by atoms with Crippen molar-refractivity contribution in [1.29, 1.82) is 0 Å². The summed E-state index contributed by atoms with van der Waals surface area (Å²) in [5, 5.41) is 3.52. The molecule has 0 aliphatic rings. The minimum absolute atomic E-state index is 0.824. The van der Waals surface area contributed by atoms with E-state index in [-0.39, 0.29) is 0 Å². The second-order valence-electron chi connectivity index (χ2n) is 9.10. The first-order valence-corrected chi connectivity index (χ1v) is 12.8. The van der Waals surface area contributed by atoms with Crippen molar-refractivity contribution in [3.63, 3.8) is 0 Å². The molecule has 0 amide bonds. The number of nitrogens with zero attached hydrogens (tertiary/aromatic N) is 2. The highest BCUT2D eigenvalue weighted by Crippen LogP contribution is 2.32. The molecule has 0 spiro atoms. The Kier molecular flexibility index (Phi) is 6.97. The molecule has 172 valence electrons. The maximum atomic E-state index is 6.65. The number of rotatable bonds is 9. The van der Waals surface area contributed by atoms with E-state index in [0.29, 0.717) is 0 Å². The van der Waals surface area contributed by atoms with Crippen molar-refractivity contribution < 1.29 is 4.57 Å². The zero-order valence-electron chi connectivity index (χ0n) is 19.9. The van der Waals surface area contributed by atoms with Crippen molar-refractivity contribution in [3.8, 4) is 0 Å². The number of aryl methyl sites for hydroxylation is 3. The van der Waals surface area contributed by atoms with Crippen LogP contribution < -0.4 is 4.57 Å². The Bertz CT molecular complexity index is 1400. The zero-order valence-corrected chi connectivity index (χ0v) is 20.6. The molecular weight excluding hydrogens is 436 g/mol. The number of aromatic nitrogens is 2. The molecule has 0 N–H and O–H groups in total. The Morgan fingerprint density at radius 2 is 1.56 bits per heavy atom. The van der Waals surface area contributed by atoms with Gasteiger partial charge < -0.3 is 4.57 Å². The molecule has 0 bridgehead atoms. The maximum absolute atomic E-state index is 6.65. The van der Waals surface area contributed by atoms with E-state index >= 15 is 0 Å². The molecule has 2 nitrogen and oxygen atoms in total. The van der Waals surface area contributed by atoms with Gasteiger partial charge in [0.25, 0.3) is 0 Å². The van der Waals surface area contributed by atoms with Gasteiger partial charge in [0.05, 0.1) is 6.42 Å². The largest absolute Gasteiger partial charge is 0.335 e. The van der Waals surface area contributed by atoms with Gasteiger partial charge >= 0.3 is 0 Å². The number of hydrogen-bond donors (Lipinski definition) is 0. The van der Waals surface area contributed by atoms with Gasteiger partial charge in [-0.2, -0.15) is 0 Å². The van der Waals surface area contributed by atoms with Gasteiger partial charge in [0.2, 0.25) is 5.69 Å². The van der Waals surface area contributed by atoms with Crippen LogP contribution in [0.2, 0.25) is 5.02 Å². The molecular formula is C31H32ClN2+. The summed E-state index contributed by atoms with van der Waals surface area (Å²) < 4.78 is 5.02. The Hall–Kier alpha value is -3.10. The molecule has 0 fully saturated rings. The lowest BCUT2D eigenvalue weighted by Crippen LogP contribution is -2.39. The second-order valence-corrected chi connectivity index (χ2v) is 9.50. The fourth-order valence-electron chi connectivity index (χ4n) is 5.06. The summed E-state index contributed by atoms with van der Waals surface area (Å²) >= 11 is 6.65. The molecule has 2 aromatic heterocycles. The molecule has 0 unspecified atom stereocenters. The Labute approximate surface area is 207 Å². The number of fused-ring (bicyclic) bond motifs is 3. The fourth-order valence-corrected chi connectivity index (χ4v) is 5.27. The van der Waals surface area contributed by atoms with E-state index in [2.05, 4.69) is 95.1 Å². The quantitative estimate of drug-likeness (QED) is 0.196. The maximum Gasteiger partial charge on any atom is 0.210 e. The van der Waals surface area contributed by atoms with Crippen molar-refractivity contribution >= 4 is 33.4 Å². The zero-order chi connectivity index (χ0) is 23.3. The first-order valence-electron chi connectivity index (χ1n) is 12.5. The third-order valence-electron chi connectivity index (χ3n) is 6.81. The Morgan fingerprint density at radius 1 is 0.794 bits per heavy atom. The van der Waals surface area contributed by atoms with Crippen LogP contribution in [0.1, 0.15) is 43.0 Å². The molecule has 0 saturated heterocycles. The van der Waals surface area contributed by atoms with Crippen molar-refractivity contribution in [3.05, 3.63) is 113 Å². The highest BCUT2D eigenvalue weighted by molar-refractivity contribution is 6.31. The summed E-state index contributed by atoms with van der Waals surface area (Å²) in [6.45, 7) is 4.28. The number of unbranched alkanes of at least 4 members (excludes halogenated alkanes) is 1. The SMILES string of the molecule is CCCCn1c2ccccc2c2cc[n+](CCCc3ccccc3)c(Cc3ccccc3Cl)c21. The smallest absolute Gasteiger partial charge is 0.210 e. The first-order chi connectivity index (χ1) is 16.8. The van der Waals surface area contributed by atoms with Crippen LogP contribution in [0.25, 0.3) is 21.8 Å². The molecule has 5 rings (SSSR count). The van der Waals surface area contributed by atoms with Crippen LogP contribution in [0.4, 0.5) is 0 Å². The van der Waals surface area contributed by atoms with Gasteiger partial charge in [-0.1, -0.05) is 91.7 Å². The van der Waals surface area contributed by atoms with Crippen LogP contribution in [-0.2, 0) is 25.9 Å². The van der Waals surface area contributed by atoms with E-state index in [9.17, 15) is 0 Å². The molecule has 3 heteroatoms. The topological polar surface area (TPSA) is 8.81 Å². The molecule has 0 atom stereocenters. The Morgan fingerprint density at radius 3 is 2.38 bits per heavy atom. The number of halogens is 1. The fraction of sp³-hybridized carbons (Fsp3) is 0.258. The third-order valence-corrected chi connectivity index (χ3v) is 7.18. The van der Waals surface area contributed by atoms with Gasteiger partial charge in [-0.05, 0) is 36.1 Å². The molecule has 0 aliphatic carbocycles. The van der Waals surface area contributed by atoms with E-state index in [0.717, 1.165) is 37.4 Å². The summed E-state index contributed by atoms with van der Waals surface area (Å²) in [4.78, 5) is 0. The highest BCUT2D eigenvalue weighted by Gasteiger charge is 2.23. The first kappa shape index (κ1) is 22.7. The molecule has 34 heavy (non-hydrogen) atoms. The van der Waals surface area contributed by atoms with E-state index in [1.807, 2.05) is 12.1 Å². The second kappa shape index (κ2) is 10.4. The average molecular weight is 468 g/mol. The predicted molar refractivity (Wildman–Crippen MR) is 144 cm³/mol. The minimum atomic E-state index is 0.824. The standard InChI is InChI=1S/C31H32ClN2/c1-2-3-21-34-29-18-10-8-16-26(29)27-19-22-33(20-11-14-24-12-5-4-6-13-24)30(31(27)34)23-25-15-7-9-17-28(25)32/h4-10,12-13,15-19,22H,2-3,11,14,20-21,23H2,1H3/q+1. The Balaban J connectivity index is 1.63. The van der Waals surface area contributed by atoms with Gasteiger partial charge in [0, 0.05) is 40.3 Å². The third kappa shape index (κ3) is 4.60. The minimum Gasteiger partial charge on any atom is -0.335 e. The van der Waals surface area contributed by atoms with Crippen LogP contribution in [0.5, 0.6) is 0 Å². The molecule has 2 heterocycles. The number of pyridine rings is 1. The molecule has 0 aliphatic heterocycles. The van der Waals surface area contributed by atoms with Crippen molar-refractivity contribution in [1.82, 2.24) is 4.57 Å². The van der Waals surface area contributed by atoms with Crippen molar-refractivity contribution in [2.75, 3.05) is 0 Å². The summed E-state index contributed by atoms with van der Waals surface area (Å²) in [5.41, 5.74) is 6.62. The molecule has 3 aromatic carbocycles. The molecule has 5 aromatic rings. The molecule has 0 saturated carbocycles. The van der Waals surface area contributed by atoms with Crippen molar-refractivity contribution in [2.24, 2.45) is 0 Å². The summed E-state index contributed by atoms with van der Waals surface area (Å²) in [7, 11) is 0. The van der Waals surface area contributed by atoms with Crippen LogP contribution in [-0.4, -0.2) is 4.57 Å². The van der Waals surface area contributed by atoms with E-state index in [4.69, 9.17) is 11.6 Å².